The van der Waals surface area contributed by atoms with Gasteiger partial charge in [-0.15, -0.1) is 0 Å². The van der Waals surface area contributed by atoms with Gasteiger partial charge in [-0.2, -0.15) is 0 Å². The van der Waals surface area contributed by atoms with E-state index in [-0.39, 0.29) is 17.4 Å². The maximum absolute atomic E-state index is 12.6. The average Bonchev–Trinajstić information content (AvgIpc) is 3.31. The summed E-state index contributed by atoms with van der Waals surface area (Å²) in [5.41, 5.74) is 1.30. The standard InChI is InChI=1S/C19H16N4O4S/c1-28(25,26)19-22-17(14-9-5-6-10-23(14)19)18(24)21-12-16-20-11-15(27-16)13-7-3-2-4-8-13/h2-11H,12H2,1H3,(H,21,24). The first kappa shape index (κ1) is 17.9. The van der Waals surface area contributed by atoms with Crippen LogP contribution in [-0.4, -0.2) is 34.9 Å². The van der Waals surface area contributed by atoms with Crippen LogP contribution in [0.2, 0.25) is 0 Å². The molecule has 1 N–H and O–H groups in total. The third-order valence-corrected chi connectivity index (χ3v) is 5.03. The SMILES string of the molecule is CS(=O)(=O)c1nc(C(=O)NCc2ncc(-c3ccccc3)o2)c2ccccn12. The van der Waals surface area contributed by atoms with E-state index in [1.54, 1.807) is 30.6 Å². The molecule has 142 valence electrons. The lowest BCUT2D eigenvalue weighted by atomic mass is 10.2. The van der Waals surface area contributed by atoms with E-state index in [2.05, 4.69) is 15.3 Å². The molecule has 0 atom stereocenters. The van der Waals surface area contributed by atoms with Crippen molar-refractivity contribution in [1.29, 1.82) is 0 Å². The lowest BCUT2D eigenvalue weighted by Gasteiger charge is -2.01. The third-order valence-electron chi connectivity index (χ3n) is 4.07. The van der Waals surface area contributed by atoms with Gasteiger partial charge in [-0.25, -0.2) is 18.4 Å². The molecule has 0 fully saturated rings. The number of nitrogens with one attached hydrogen (secondary N) is 1. The summed E-state index contributed by atoms with van der Waals surface area (Å²) in [7, 11) is -3.60. The highest BCUT2D eigenvalue weighted by molar-refractivity contribution is 7.90. The number of carbonyl (C=O) groups is 1. The van der Waals surface area contributed by atoms with E-state index in [1.807, 2.05) is 30.3 Å². The first-order valence-electron chi connectivity index (χ1n) is 8.39. The molecule has 3 heterocycles. The van der Waals surface area contributed by atoms with Crippen LogP contribution in [0.3, 0.4) is 0 Å². The smallest absolute Gasteiger partial charge is 0.272 e. The van der Waals surface area contributed by atoms with Crippen LogP contribution in [0.5, 0.6) is 0 Å². The van der Waals surface area contributed by atoms with Gasteiger partial charge in [-0.05, 0) is 12.1 Å². The second-order valence-corrected chi connectivity index (χ2v) is 8.05. The highest BCUT2D eigenvalue weighted by Crippen LogP contribution is 2.20. The molecule has 0 radical (unpaired) electrons. The summed E-state index contributed by atoms with van der Waals surface area (Å²) < 4.78 is 31.0. The van der Waals surface area contributed by atoms with Crippen LogP contribution < -0.4 is 5.32 Å². The average molecular weight is 396 g/mol. The fourth-order valence-corrected chi connectivity index (χ4v) is 3.58. The Kier molecular flexibility index (Phi) is 4.44. The van der Waals surface area contributed by atoms with E-state index in [0.29, 0.717) is 17.2 Å². The third kappa shape index (κ3) is 3.39. The number of oxazole rings is 1. The fourth-order valence-electron chi connectivity index (χ4n) is 2.81. The lowest BCUT2D eigenvalue weighted by Crippen LogP contribution is -2.23. The summed E-state index contributed by atoms with van der Waals surface area (Å²) >= 11 is 0. The van der Waals surface area contributed by atoms with Crippen LogP contribution in [0.25, 0.3) is 16.8 Å². The Balaban J connectivity index is 1.56. The zero-order valence-corrected chi connectivity index (χ0v) is 15.7. The number of hydrogen-bond donors (Lipinski definition) is 1. The number of aromatic nitrogens is 3. The topological polar surface area (TPSA) is 107 Å². The monoisotopic (exact) mass is 396 g/mol. The van der Waals surface area contributed by atoms with Gasteiger partial charge >= 0.3 is 0 Å². The summed E-state index contributed by atoms with van der Waals surface area (Å²) in [4.78, 5) is 20.8. The number of rotatable bonds is 5. The van der Waals surface area contributed by atoms with Gasteiger partial charge < -0.3 is 9.73 Å². The van der Waals surface area contributed by atoms with Crippen molar-refractivity contribution in [3.8, 4) is 11.3 Å². The molecule has 0 aliphatic heterocycles. The van der Waals surface area contributed by atoms with Crippen molar-refractivity contribution in [2.45, 2.75) is 11.7 Å². The number of amides is 1. The summed E-state index contributed by atoms with van der Waals surface area (Å²) in [5, 5.41) is 2.49. The molecule has 0 aliphatic carbocycles. The molecule has 0 bridgehead atoms. The molecule has 9 heteroatoms. The largest absolute Gasteiger partial charge is 0.439 e. The van der Waals surface area contributed by atoms with E-state index < -0.39 is 15.7 Å². The normalized spacial score (nSPS) is 11.6. The second-order valence-electron chi connectivity index (χ2n) is 6.14. The molecule has 28 heavy (non-hydrogen) atoms. The maximum atomic E-state index is 12.6. The number of fused-ring (bicyclic) bond motifs is 1. The molecule has 4 aromatic rings. The zero-order chi connectivity index (χ0) is 19.7. The molecular formula is C19H16N4O4S. The Bertz CT molecular complexity index is 1260. The molecular weight excluding hydrogens is 380 g/mol. The molecule has 8 nitrogen and oxygen atoms in total. The molecule has 4 rings (SSSR count). The van der Waals surface area contributed by atoms with Crippen molar-refractivity contribution in [3.05, 3.63) is 72.5 Å². The van der Waals surface area contributed by atoms with Gasteiger partial charge in [0, 0.05) is 18.0 Å². The van der Waals surface area contributed by atoms with Crippen molar-refractivity contribution in [2.75, 3.05) is 6.26 Å². The van der Waals surface area contributed by atoms with Gasteiger partial charge in [0.25, 0.3) is 5.91 Å². The van der Waals surface area contributed by atoms with Gasteiger partial charge in [0.1, 0.15) is 0 Å². The van der Waals surface area contributed by atoms with Crippen molar-refractivity contribution >= 4 is 21.3 Å². The Labute approximate surface area is 160 Å². The van der Waals surface area contributed by atoms with Crippen LogP contribution in [-0.2, 0) is 16.4 Å². The summed E-state index contributed by atoms with van der Waals surface area (Å²) in [6.07, 6.45) is 4.19. The number of hydrogen-bond acceptors (Lipinski definition) is 6. The van der Waals surface area contributed by atoms with E-state index in [1.165, 1.54) is 4.40 Å². The van der Waals surface area contributed by atoms with E-state index in [0.717, 1.165) is 11.8 Å². The van der Waals surface area contributed by atoms with Crippen molar-refractivity contribution < 1.29 is 17.6 Å². The first-order chi connectivity index (χ1) is 13.4. The number of carbonyl (C=O) groups excluding carboxylic acids is 1. The highest BCUT2D eigenvalue weighted by atomic mass is 32.2. The van der Waals surface area contributed by atoms with E-state index in [4.69, 9.17) is 4.42 Å². The lowest BCUT2D eigenvalue weighted by molar-refractivity contribution is 0.0944. The fraction of sp³-hybridized carbons (Fsp3) is 0.105. The van der Waals surface area contributed by atoms with E-state index >= 15 is 0 Å². The molecule has 1 aromatic carbocycles. The Morgan fingerprint density at radius 3 is 2.64 bits per heavy atom. The molecule has 0 aliphatic rings. The molecule has 0 spiro atoms. The zero-order valence-electron chi connectivity index (χ0n) is 14.9. The minimum absolute atomic E-state index is 0.0239. The quantitative estimate of drug-likeness (QED) is 0.555. The molecule has 0 saturated heterocycles. The number of benzene rings is 1. The Morgan fingerprint density at radius 2 is 1.89 bits per heavy atom. The minimum Gasteiger partial charge on any atom is -0.439 e. The second kappa shape index (κ2) is 6.93. The number of imidazole rings is 1. The van der Waals surface area contributed by atoms with Crippen LogP contribution in [0, 0.1) is 0 Å². The first-order valence-corrected chi connectivity index (χ1v) is 10.3. The Morgan fingerprint density at radius 1 is 1.14 bits per heavy atom. The van der Waals surface area contributed by atoms with Gasteiger partial charge in [0.05, 0.1) is 18.3 Å². The van der Waals surface area contributed by atoms with Gasteiger partial charge in [-0.3, -0.25) is 9.20 Å². The van der Waals surface area contributed by atoms with Gasteiger partial charge in [0.15, 0.2) is 11.5 Å². The van der Waals surface area contributed by atoms with E-state index in [9.17, 15) is 13.2 Å². The molecule has 1 amide bonds. The number of sulfone groups is 1. The molecule has 0 unspecified atom stereocenters. The molecule has 0 saturated carbocycles. The Hall–Kier alpha value is -3.46. The number of nitrogens with zero attached hydrogens (tertiary/aromatic N) is 3. The van der Waals surface area contributed by atoms with Crippen LogP contribution in [0.1, 0.15) is 16.4 Å². The van der Waals surface area contributed by atoms with Crippen LogP contribution in [0.15, 0.2) is 70.5 Å². The van der Waals surface area contributed by atoms with Crippen molar-refractivity contribution in [2.24, 2.45) is 0 Å². The predicted octanol–water partition coefficient (Wildman–Crippen LogP) is 2.32. The minimum atomic E-state index is -3.60. The summed E-state index contributed by atoms with van der Waals surface area (Å²) in [5.74, 6) is 0.411. The van der Waals surface area contributed by atoms with Crippen LogP contribution in [0.4, 0.5) is 0 Å². The number of pyridine rings is 1. The predicted molar refractivity (Wildman–Crippen MR) is 101 cm³/mol. The highest BCUT2D eigenvalue weighted by Gasteiger charge is 2.22. The van der Waals surface area contributed by atoms with Crippen molar-refractivity contribution in [3.63, 3.8) is 0 Å². The van der Waals surface area contributed by atoms with Crippen LogP contribution >= 0.6 is 0 Å². The summed E-state index contributed by atoms with van der Waals surface area (Å²) in [6, 6.07) is 14.5. The summed E-state index contributed by atoms with van der Waals surface area (Å²) in [6.45, 7) is 0.0474. The van der Waals surface area contributed by atoms with Crippen molar-refractivity contribution in [1.82, 2.24) is 19.7 Å². The molecule has 3 aromatic heterocycles. The van der Waals surface area contributed by atoms with Gasteiger partial charge in [0.2, 0.25) is 20.9 Å². The maximum Gasteiger partial charge on any atom is 0.272 e. The van der Waals surface area contributed by atoms with Gasteiger partial charge in [-0.1, -0.05) is 36.4 Å².